The van der Waals surface area contributed by atoms with Crippen LogP contribution < -0.4 is 0 Å². The molecule has 0 spiro atoms. The van der Waals surface area contributed by atoms with E-state index >= 15 is 0 Å². The normalized spacial score (nSPS) is 43.6. The van der Waals surface area contributed by atoms with E-state index in [4.69, 9.17) is 9.47 Å². The zero-order valence-electron chi connectivity index (χ0n) is 14.1. The van der Waals surface area contributed by atoms with Crippen molar-refractivity contribution in [1.82, 2.24) is 0 Å². The molecule has 0 N–H and O–H groups in total. The Morgan fingerprint density at radius 2 is 2.17 bits per heavy atom. The summed E-state index contributed by atoms with van der Waals surface area (Å²) in [7, 11) is -1.33. The zero-order chi connectivity index (χ0) is 17.8. The van der Waals surface area contributed by atoms with Gasteiger partial charge in [0, 0.05) is 17.1 Å². The van der Waals surface area contributed by atoms with E-state index in [0.717, 1.165) is 0 Å². The first kappa shape index (κ1) is 17.1. The SMILES string of the molecule is C=C(C)C(=O)OC1[C@@H]2C(=C)C(=O)O[C@@H]2C[C@@H](C)[C@@H]2C=CS(=O)[C@@]12C. The van der Waals surface area contributed by atoms with Gasteiger partial charge in [-0.25, -0.2) is 9.59 Å². The number of carbonyl (C=O) groups is 2. The van der Waals surface area contributed by atoms with Crippen LogP contribution in [0.15, 0.2) is 35.8 Å². The van der Waals surface area contributed by atoms with Gasteiger partial charge in [0.15, 0.2) is 0 Å². The highest BCUT2D eigenvalue weighted by molar-refractivity contribution is 7.89. The van der Waals surface area contributed by atoms with Gasteiger partial charge in [0.2, 0.25) is 0 Å². The van der Waals surface area contributed by atoms with Crippen LogP contribution in [0.5, 0.6) is 0 Å². The van der Waals surface area contributed by atoms with E-state index in [-0.39, 0.29) is 23.0 Å². The van der Waals surface area contributed by atoms with Crippen molar-refractivity contribution in [3.8, 4) is 0 Å². The van der Waals surface area contributed by atoms with Crippen molar-refractivity contribution in [1.29, 1.82) is 0 Å². The number of rotatable bonds is 2. The van der Waals surface area contributed by atoms with Crippen molar-refractivity contribution in [3.63, 3.8) is 0 Å². The third kappa shape index (κ3) is 2.31. The number of carbonyl (C=O) groups excluding carboxylic acids is 2. The standard InChI is InChI=1S/C18H22O5S/c1-9(2)16(19)23-15-14-11(4)17(20)22-13(14)8-10(3)12-6-7-24(21)18(12,15)5/h6-7,10,12-15H,1,4,8H2,2-3,5H3/t10-,12+,13-,14-,15?,18-,24?/m1/s1. The Kier molecular flexibility index (Phi) is 4.06. The van der Waals surface area contributed by atoms with E-state index in [9.17, 15) is 13.8 Å². The number of hydrogen-bond acceptors (Lipinski definition) is 5. The molecule has 24 heavy (non-hydrogen) atoms. The van der Waals surface area contributed by atoms with Crippen LogP contribution in [-0.2, 0) is 29.9 Å². The Bertz CT molecular complexity index is 694. The fourth-order valence-electron chi connectivity index (χ4n) is 4.18. The molecule has 2 fully saturated rings. The Morgan fingerprint density at radius 3 is 2.79 bits per heavy atom. The third-order valence-electron chi connectivity index (χ3n) is 5.52. The first-order chi connectivity index (χ1) is 11.2. The Labute approximate surface area is 144 Å². The lowest BCUT2D eigenvalue weighted by Crippen LogP contribution is -2.53. The first-order valence-corrected chi connectivity index (χ1v) is 9.24. The van der Waals surface area contributed by atoms with Crippen LogP contribution in [0.3, 0.4) is 0 Å². The van der Waals surface area contributed by atoms with Gasteiger partial charge in [-0.15, -0.1) is 0 Å². The van der Waals surface area contributed by atoms with Crippen LogP contribution in [0, 0.1) is 17.8 Å². The summed E-state index contributed by atoms with van der Waals surface area (Å²) in [6, 6.07) is 0. The average molecular weight is 350 g/mol. The minimum atomic E-state index is -1.33. The minimum Gasteiger partial charge on any atom is -0.458 e. The highest BCUT2D eigenvalue weighted by atomic mass is 32.2. The zero-order valence-corrected chi connectivity index (χ0v) is 14.9. The highest BCUT2D eigenvalue weighted by Gasteiger charge is 2.61. The maximum atomic E-state index is 12.8. The summed E-state index contributed by atoms with van der Waals surface area (Å²) in [6.07, 6.45) is 1.40. The summed E-state index contributed by atoms with van der Waals surface area (Å²) >= 11 is 0. The molecule has 0 aromatic heterocycles. The molecule has 3 aliphatic rings. The second-order valence-corrected chi connectivity index (χ2v) is 8.90. The van der Waals surface area contributed by atoms with Crippen molar-refractivity contribution in [2.24, 2.45) is 17.8 Å². The highest BCUT2D eigenvalue weighted by Crippen LogP contribution is 2.52. The average Bonchev–Trinajstić information content (AvgIpc) is 2.92. The van der Waals surface area contributed by atoms with Crippen molar-refractivity contribution >= 4 is 22.7 Å². The molecule has 1 saturated heterocycles. The van der Waals surface area contributed by atoms with Gasteiger partial charge in [0.05, 0.1) is 21.5 Å². The molecule has 130 valence electrons. The van der Waals surface area contributed by atoms with Crippen LogP contribution in [0.25, 0.3) is 0 Å². The number of esters is 2. The van der Waals surface area contributed by atoms with Gasteiger partial charge < -0.3 is 9.47 Å². The topological polar surface area (TPSA) is 69.7 Å². The predicted molar refractivity (Wildman–Crippen MR) is 90.2 cm³/mol. The first-order valence-electron chi connectivity index (χ1n) is 8.03. The summed E-state index contributed by atoms with van der Waals surface area (Å²) in [6.45, 7) is 12.9. The van der Waals surface area contributed by atoms with Crippen LogP contribution >= 0.6 is 0 Å². The fourth-order valence-corrected chi connectivity index (χ4v) is 5.79. The Hall–Kier alpha value is -1.69. The largest absolute Gasteiger partial charge is 0.458 e. The van der Waals surface area contributed by atoms with Gasteiger partial charge in [0.1, 0.15) is 12.2 Å². The molecule has 0 aromatic carbocycles. The lowest BCUT2D eigenvalue weighted by molar-refractivity contribution is -0.149. The molecule has 2 unspecified atom stereocenters. The van der Waals surface area contributed by atoms with Gasteiger partial charge in [-0.05, 0) is 31.6 Å². The molecule has 0 bridgehead atoms. The van der Waals surface area contributed by atoms with Crippen molar-refractivity contribution < 1.29 is 23.3 Å². The van der Waals surface area contributed by atoms with E-state index in [2.05, 4.69) is 13.2 Å². The monoisotopic (exact) mass is 350 g/mol. The summed E-state index contributed by atoms with van der Waals surface area (Å²) in [4.78, 5) is 24.3. The fraction of sp³-hybridized carbons (Fsp3) is 0.556. The van der Waals surface area contributed by atoms with Crippen molar-refractivity contribution in [2.75, 3.05) is 0 Å². The molecule has 2 heterocycles. The maximum Gasteiger partial charge on any atom is 0.334 e. The van der Waals surface area contributed by atoms with Crippen LogP contribution in [0.4, 0.5) is 0 Å². The van der Waals surface area contributed by atoms with E-state index in [1.165, 1.54) is 0 Å². The predicted octanol–water partition coefficient (Wildman–Crippen LogP) is 2.26. The molecule has 0 aromatic rings. The van der Waals surface area contributed by atoms with Crippen LogP contribution in [0.2, 0.25) is 0 Å². The number of allylic oxidation sites excluding steroid dienone is 1. The molecule has 0 radical (unpaired) electrons. The summed E-state index contributed by atoms with van der Waals surface area (Å²) < 4.78 is 23.2. The van der Waals surface area contributed by atoms with Crippen molar-refractivity contribution in [2.45, 2.75) is 44.1 Å². The van der Waals surface area contributed by atoms with Crippen molar-refractivity contribution in [3.05, 3.63) is 35.8 Å². The molecule has 2 aliphatic heterocycles. The molecule has 5 nitrogen and oxygen atoms in total. The molecular formula is C18H22O5S. The second kappa shape index (κ2) is 5.69. The number of fused-ring (bicyclic) bond motifs is 2. The van der Waals surface area contributed by atoms with E-state index < -0.39 is 45.6 Å². The van der Waals surface area contributed by atoms with Crippen LogP contribution in [0.1, 0.15) is 27.2 Å². The van der Waals surface area contributed by atoms with E-state index in [1.807, 2.05) is 19.9 Å². The van der Waals surface area contributed by atoms with Crippen LogP contribution in [-0.4, -0.2) is 33.1 Å². The third-order valence-corrected chi connectivity index (χ3v) is 7.29. The van der Waals surface area contributed by atoms with E-state index in [1.54, 1.807) is 12.3 Å². The molecule has 1 aliphatic carbocycles. The van der Waals surface area contributed by atoms with Gasteiger partial charge in [0.25, 0.3) is 0 Å². The summed E-state index contributed by atoms with van der Waals surface area (Å²) in [5.74, 6) is -1.39. The van der Waals surface area contributed by atoms with E-state index in [0.29, 0.717) is 6.42 Å². The Balaban J connectivity index is 2.10. The molecule has 0 amide bonds. The Morgan fingerprint density at radius 1 is 1.50 bits per heavy atom. The smallest absolute Gasteiger partial charge is 0.334 e. The minimum absolute atomic E-state index is 0.0293. The van der Waals surface area contributed by atoms with Gasteiger partial charge in [-0.2, -0.15) is 0 Å². The van der Waals surface area contributed by atoms with Gasteiger partial charge in [-0.1, -0.05) is 26.2 Å². The molecule has 1 saturated carbocycles. The number of hydrogen-bond donors (Lipinski definition) is 0. The lowest BCUT2D eigenvalue weighted by Gasteiger charge is -2.39. The maximum absolute atomic E-state index is 12.8. The summed E-state index contributed by atoms with van der Waals surface area (Å²) in [5.41, 5.74) is 0.550. The molecular weight excluding hydrogens is 328 g/mol. The lowest BCUT2D eigenvalue weighted by atomic mass is 9.78. The summed E-state index contributed by atoms with van der Waals surface area (Å²) in [5, 5.41) is 1.67. The molecule has 6 heteroatoms. The van der Waals surface area contributed by atoms with Gasteiger partial charge in [-0.3, -0.25) is 4.21 Å². The number of ether oxygens (including phenoxy) is 2. The quantitative estimate of drug-likeness (QED) is 0.564. The second-order valence-electron chi connectivity index (χ2n) is 7.15. The van der Waals surface area contributed by atoms with Gasteiger partial charge >= 0.3 is 11.9 Å². The molecule has 3 rings (SSSR count). The molecule has 7 atom stereocenters.